The summed E-state index contributed by atoms with van der Waals surface area (Å²) in [4.78, 5) is 15.8. The lowest BCUT2D eigenvalue weighted by atomic mass is 10.1. The molecule has 0 aliphatic rings. The summed E-state index contributed by atoms with van der Waals surface area (Å²) in [6.45, 7) is 0.620. The van der Waals surface area contributed by atoms with Gasteiger partial charge in [-0.25, -0.2) is 4.98 Å². The van der Waals surface area contributed by atoms with Crippen LogP contribution in [0.15, 0.2) is 35.8 Å². The number of aromatic nitrogens is 1. The number of benzene rings is 1. The van der Waals surface area contributed by atoms with Gasteiger partial charge in [-0.3, -0.25) is 4.79 Å². The first kappa shape index (κ1) is 12.6. The lowest BCUT2D eigenvalue weighted by Gasteiger charge is -2.04. The minimum absolute atomic E-state index is 0.0113. The normalized spacial score (nSPS) is 10.2. The molecule has 2 aromatic rings. The van der Waals surface area contributed by atoms with Crippen molar-refractivity contribution in [2.24, 2.45) is 0 Å². The second-order valence-corrected chi connectivity index (χ2v) is 4.93. The van der Waals surface area contributed by atoms with Crippen LogP contribution in [0.2, 0.25) is 0 Å². The molecule has 0 saturated carbocycles. The number of amides is 1. The van der Waals surface area contributed by atoms with E-state index in [9.17, 15) is 4.79 Å². The van der Waals surface area contributed by atoms with Crippen LogP contribution < -0.4 is 11.1 Å². The molecule has 0 aliphatic carbocycles. The van der Waals surface area contributed by atoms with Crippen LogP contribution in [0, 0.1) is 0 Å². The number of carbonyl (C=O) groups is 1. The number of nitrogen functional groups attached to an aromatic ring is 1. The molecule has 1 heterocycles. The number of hydrogen-bond donors (Lipinski definition) is 2. The molecule has 18 heavy (non-hydrogen) atoms. The number of thiazole rings is 1. The maximum atomic E-state index is 11.7. The van der Waals surface area contributed by atoms with Crippen LogP contribution in [0.3, 0.4) is 0 Å². The van der Waals surface area contributed by atoms with E-state index < -0.39 is 0 Å². The summed E-state index contributed by atoms with van der Waals surface area (Å²) >= 11 is 1.60. The highest BCUT2D eigenvalue weighted by Crippen LogP contribution is 2.07. The number of nitrogens with two attached hydrogens (primary N) is 1. The molecule has 4 nitrogen and oxygen atoms in total. The third kappa shape index (κ3) is 3.85. The van der Waals surface area contributed by atoms with Crippen molar-refractivity contribution in [2.75, 3.05) is 12.3 Å². The zero-order valence-electron chi connectivity index (χ0n) is 9.93. The Labute approximate surface area is 110 Å². The van der Waals surface area contributed by atoms with E-state index in [2.05, 4.69) is 10.3 Å². The van der Waals surface area contributed by atoms with E-state index in [-0.39, 0.29) is 5.91 Å². The first-order chi connectivity index (χ1) is 8.74. The van der Waals surface area contributed by atoms with E-state index in [4.69, 9.17) is 5.73 Å². The fraction of sp³-hybridized carbons (Fsp3) is 0.231. The number of hydrogen-bond acceptors (Lipinski definition) is 4. The topological polar surface area (TPSA) is 68.0 Å². The average molecular weight is 261 g/mol. The summed E-state index contributed by atoms with van der Waals surface area (Å²) in [7, 11) is 0. The van der Waals surface area contributed by atoms with Crippen LogP contribution in [-0.4, -0.2) is 17.4 Å². The van der Waals surface area contributed by atoms with Crippen molar-refractivity contribution in [1.82, 2.24) is 10.3 Å². The number of nitrogens with one attached hydrogen (secondary N) is 1. The van der Waals surface area contributed by atoms with Crippen molar-refractivity contribution >= 4 is 22.9 Å². The molecule has 3 N–H and O–H groups in total. The highest BCUT2D eigenvalue weighted by atomic mass is 32.1. The summed E-state index contributed by atoms with van der Waals surface area (Å²) in [5.74, 6) is 0.0113. The van der Waals surface area contributed by atoms with E-state index in [1.54, 1.807) is 17.5 Å². The van der Waals surface area contributed by atoms with Crippen LogP contribution in [0.25, 0.3) is 0 Å². The van der Waals surface area contributed by atoms with Gasteiger partial charge in [-0.15, -0.1) is 11.3 Å². The van der Waals surface area contributed by atoms with Crippen LogP contribution in [0.1, 0.15) is 10.6 Å². The molecule has 1 aromatic heterocycles. The molecular weight excluding hydrogens is 246 g/mol. The second-order valence-electron chi connectivity index (χ2n) is 3.95. The SMILES string of the molecule is Nc1cccc(CC(=O)NCCc2nccs2)c1. The molecule has 0 spiro atoms. The molecule has 0 aliphatic heterocycles. The van der Waals surface area contributed by atoms with E-state index in [0.717, 1.165) is 17.0 Å². The van der Waals surface area contributed by atoms with Gasteiger partial charge in [-0.1, -0.05) is 12.1 Å². The Bertz CT molecular complexity index is 511. The van der Waals surface area contributed by atoms with Crippen molar-refractivity contribution in [2.45, 2.75) is 12.8 Å². The summed E-state index contributed by atoms with van der Waals surface area (Å²) in [6, 6.07) is 7.38. The van der Waals surface area contributed by atoms with Gasteiger partial charge in [0.05, 0.1) is 11.4 Å². The molecule has 1 amide bonds. The summed E-state index contributed by atoms with van der Waals surface area (Å²) in [5, 5.41) is 5.85. The van der Waals surface area contributed by atoms with Gasteiger partial charge >= 0.3 is 0 Å². The number of nitrogens with zero attached hydrogens (tertiary/aromatic N) is 1. The Morgan fingerprint density at radius 1 is 1.44 bits per heavy atom. The minimum Gasteiger partial charge on any atom is -0.399 e. The largest absolute Gasteiger partial charge is 0.399 e. The number of rotatable bonds is 5. The van der Waals surface area contributed by atoms with Crippen molar-refractivity contribution in [1.29, 1.82) is 0 Å². The van der Waals surface area contributed by atoms with Gasteiger partial charge in [-0.05, 0) is 17.7 Å². The lowest BCUT2D eigenvalue weighted by Crippen LogP contribution is -2.27. The maximum Gasteiger partial charge on any atom is 0.224 e. The van der Waals surface area contributed by atoms with Gasteiger partial charge in [0.15, 0.2) is 0 Å². The van der Waals surface area contributed by atoms with Gasteiger partial charge in [-0.2, -0.15) is 0 Å². The van der Waals surface area contributed by atoms with Crippen molar-refractivity contribution in [3.05, 3.63) is 46.4 Å². The van der Waals surface area contributed by atoms with Crippen molar-refractivity contribution < 1.29 is 4.79 Å². The number of carbonyl (C=O) groups excluding carboxylic acids is 1. The van der Waals surface area contributed by atoms with Crippen LogP contribution in [0.5, 0.6) is 0 Å². The molecule has 0 unspecified atom stereocenters. The van der Waals surface area contributed by atoms with Gasteiger partial charge in [0.2, 0.25) is 5.91 Å². The molecule has 94 valence electrons. The highest BCUT2D eigenvalue weighted by molar-refractivity contribution is 7.09. The van der Waals surface area contributed by atoms with Crippen LogP contribution >= 0.6 is 11.3 Å². The summed E-state index contributed by atoms with van der Waals surface area (Å²) < 4.78 is 0. The Morgan fingerprint density at radius 2 is 2.33 bits per heavy atom. The summed E-state index contributed by atoms with van der Waals surface area (Å²) in [5.41, 5.74) is 7.28. The third-order valence-electron chi connectivity index (χ3n) is 2.46. The molecule has 0 atom stereocenters. The van der Waals surface area contributed by atoms with Crippen molar-refractivity contribution in [3.8, 4) is 0 Å². The predicted octanol–water partition coefficient (Wildman–Crippen LogP) is 1.63. The molecule has 2 rings (SSSR count). The van der Waals surface area contributed by atoms with Gasteiger partial charge in [0, 0.05) is 30.2 Å². The first-order valence-corrected chi connectivity index (χ1v) is 6.61. The maximum absolute atomic E-state index is 11.7. The van der Waals surface area contributed by atoms with E-state index in [1.165, 1.54) is 0 Å². The Kier molecular flexibility index (Phi) is 4.30. The van der Waals surface area contributed by atoms with Gasteiger partial charge in [0.1, 0.15) is 0 Å². The van der Waals surface area contributed by atoms with Gasteiger partial charge < -0.3 is 11.1 Å². The zero-order chi connectivity index (χ0) is 12.8. The zero-order valence-corrected chi connectivity index (χ0v) is 10.7. The lowest BCUT2D eigenvalue weighted by molar-refractivity contribution is -0.120. The van der Waals surface area contributed by atoms with Crippen LogP contribution in [-0.2, 0) is 17.6 Å². The standard InChI is InChI=1S/C13H15N3OS/c14-11-3-1-2-10(8-11)9-12(17)15-5-4-13-16-6-7-18-13/h1-3,6-8H,4-5,9,14H2,(H,15,17). The fourth-order valence-corrected chi connectivity index (χ4v) is 2.26. The Hall–Kier alpha value is -1.88. The molecule has 1 aromatic carbocycles. The van der Waals surface area contributed by atoms with E-state index in [0.29, 0.717) is 18.7 Å². The quantitative estimate of drug-likeness (QED) is 0.804. The minimum atomic E-state index is 0.0113. The third-order valence-corrected chi connectivity index (χ3v) is 3.30. The molecule has 5 heteroatoms. The average Bonchev–Trinajstić information content (AvgIpc) is 2.82. The molecule has 0 radical (unpaired) electrons. The fourth-order valence-electron chi connectivity index (χ4n) is 1.64. The van der Waals surface area contributed by atoms with Crippen LogP contribution in [0.4, 0.5) is 5.69 Å². The van der Waals surface area contributed by atoms with E-state index >= 15 is 0 Å². The second kappa shape index (κ2) is 6.16. The predicted molar refractivity (Wildman–Crippen MR) is 73.4 cm³/mol. The van der Waals surface area contributed by atoms with E-state index in [1.807, 2.05) is 29.6 Å². The Morgan fingerprint density at radius 3 is 3.06 bits per heavy atom. The molecular formula is C13H15N3OS. The first-order valence-electron chi connectivity index (χ1n) is 5.73. The molecule has 0 fully saturated rings. The number of anilines is 1. The summed E-state index contributed by atoms with van der Waals surface area (Å²) in [6.07, 6.45) is 2.91. The molecule has 0 bridgehead atoms. The smallest absolute Gasteiger partial charge is 0.224 e. The highest BCUT2D eigenvalue weighted by Gasteiger charge is 2.03. The van der Waals surface area contributed by atoms with Crippen molar-refractivity contribution in [3.63, 3.8) is 0 Å². The Balaban J connectivity index is 1.75. The molecule has 0 saturated heterocycles. The van der Waals surface area contributed by atoms with Gasteiger partial charge in [0.25, 0.3) is 0 Å². The monoisotopic (exact) mass is 261 g/mol.